The molecule has 1 saturated carbocycles. The molecule has 0 unspecified atom stereocenters. The lowest BCUT2D eigenvalue weighted by molar-refractivity contribution is -0.124. The highest BCUT2D eigenvalue weighted by molar-refractivity contribution is 5.96. The quantitative estimate of drug-likeness (QED) is 0.636. The predicted octanol–water partition coefficient (Wildman–Crippen LogP) is 1.59. The van der Waals surface area contributed by atoms with E-state index >= 15 is 0 Å². The second kappa shape index (κ2) is 8.99. The Morgan fingerprint density at radius 1 is 1.39 bits per heavy atom. The number of hydrogen-bond acceptors (Lipinski definition) is 5. The van der Waals surface area contributed by atoms with Crippen LogP contribution in [0.5, 0.6) is 0 Å². The number of aromatic amines is 1. The van der Waals surface area contributed by atoms with E-state index in [1.807, 2.05) is 26.2 Å². The monoisotopic (exact) mass is 387 g/mol. The number of aromatic nitrogens is 5. The molecule has 0 aromatic carbocycles. The van der Waals surface area contributed by atoms with Crippen LogP contribution in [0.4, 0.5) is 0 Å². The summed E-state index contributed by atoms with van der Waals surface area (Å²) in [7, 11) is 1.83. The lowest BCUT2D eigenvalue weighted by Gasteiger charge is -2.23. The maximum absolute atomic E-state index is 13.0. The third-order valence-corrected chi connectivity index (χ3v) is 5.38. The number of carbonyl (C=O) groups is 2. The van der Waals surface area contributed by atoms with Gasteiger partial charge in [-0.3, -0.25) is 9.59 Å². The van der Waals surface area contributed by atoms with E-state index in [2.05, 4.69) is 38.2 Å². The standard InChI is InChI=1S/C19H29N7O2/c1-4-5-8-15(21-19(28)16-10-12(2)11-26(16)3)18(27)20-14-9-6-7-13(14)17-22-24-25-23-17/h10-11,13-15H,4-9H2,1-3H3,(H,20,27)(H,21,28)(H,22,23,24,25)/t13-,14+,15+/m1/s1. The lowest BCUT2D eigenvalue weighted by atomic mass is 10.0. The van der Waals surface area contributed by atoms with Gasteiger partial charge in [0.25, 0.3) is 5.91 Å². The highest BCUT2D eigenvalue weighted by Gasteiger charge is 2.34. The van der Waals surface area contributed by atoms with E-state index in [1.165, 1.54) is 0 Å². The van der Waals surface area contributed by atoms with Gasteiger partial charge in [-0.05, 0) is 37.8 Å². The van der Waals surface area contributed by atoms with E-state index < -0.39 is 6.04 Å². The molecule has 2 amide bonds. The van der Waals surface area contributed by atoms with E-state index in [4.69, 9.17) is 0 Å². The number of rotatable bonds is 8. The van der Waals surface area contributed by atoms with Gasteiger partial charge in [-0.1, -0.05) is 31.4 Å². The molecule has 9 heteroatoms. The smallest absolute Gasteiger partial charge is 0.268 e. The van der Waals surface area contributed by atoms with Gasteiger partial charge in [-0.25, -0.2) is 0 Å². The van der Waals surface area contributed by atoms with Crippen LogP contribution in [0.25, 0.3) is 0 Å². The van der Waals surface area contributed by atoms with Crippen LogP contribution >= 0.6 is 0 Å². The van der Waals surface area contributed by atoms with Crippen LogP contribution in [0, 0.1) is 6.92 Å². The minimum absolute atomic E-state index is 0.0385. The Labute approximate surface area is 164 Å². The molecule has 0 saturated heterocycles. The third kappa shape index (κ3) is 4.58. The number of tetrazole rings is 1. The van der Waals surface area contributed by atoms with Crippen molar-refractivity contribution in [2.45, 2.75) is 70.4 Å². The number of nitrogens with one attached hydrogen (secondary N) is 3. The Morgan fingerprint density at radius 3 is 2.86 bits per heavy atom. The zero-order chi connectivity index (χ0) is 20.1. The fourth-order valence-corrected chi connectivity index (χ4v) is 3.92. The zero-order valence-electron chi connectivity index (χ0n) is 16.7. The van der Waals surface area contributed by atoms with Crippen molar-refractivity contribution in [3.63, 3.8) is 0 Å². The molecule has 9 nitrogen and oxygen atoms in total. The molecule has 0 bridgehead atoms. The Balaban J connectivity index is 1.67. The summed E-state index contributed by atoms with van der Waals surface area (Å²) >= 11 is 0. The van der Waals surface area contributed by atoms with E-state index in [9.17, 15) is 9.59 Å². The van der Waals surface area contributed by atoms with Crippen molar-refractivity contribution >= 4 is 11.8 Å². The number of aryl methyl sites for hydroxylation is 2. The zero-order valence-corrected chi connectivity index (χ0v) is 16.7. The molecule has 3 N–H and O–H groups in total. The Hall–Kier alpha value is -2.71. The van der Waals surface area contributed by atoms with Gasteiger partial charge in [0.05, 0.1) is 0 Å². The molecular weight excluding hydrogens is 358 g/mol. The predicted molar refractivity (Wildman–Crippen MR) is 104 cm³/mol. The largest absolute Gasteiger partial charge is 0.351 e. The molecule has 152 valence electrons. The van der Waals surface area contributed by atoms with Crippen LogP contribution in [-0.2, 0) is 11.8 Å². The van der Waals surface area contributed by atoms with Crippen LogP contribution in [0.2, 0.25) is 0 Å². The molecular formula is C19H29N7O2. The van der Waals surface area contributed by atoms with Crippen molar-refractivity contribution in [2.24, 2.45) is 7.05 Å². The SMILES string of the molecule is CCCC[C@H](NC(=O)c1cc(C)cn1C)C(=O)N[C@H]1CCC[C@H]1c1nn[nH]n1. The molecule has 3 atom stereocenters. The number of unbranched alkanes of at least 4 members (excludes halogenated alkanes) is 1. The molecule has 1 aliphatic rings. The van der Waals surface area contributed by atoms with Crippen molar-refractivity contribution in [3.05, 3.63) is 29.3 Å². The van der Waals surface area contributed by atoms with Crippen molar-refractivity contribution in [1.29, 1.82) is 0 Å². The summed E-state index contributed by atoms with van der Waals surface area (Å²) < 4.78 is 1.78. The van der Waals surface area contributed by atoms with Gasteiger partial charge in [0, 0.05) is 25.2 Å². The summed E-state index contributed by atoms with van der Waals surface area (Å²) in [6, 6.07) is 1.23. The lowest BCUT2D eigenvalue weighted by Crippen LogP contribution is -2.50. The third-order valence-electron chi connectivity index (χ3n) is 5.38. The number of amides is 2. The van der Waals surface area contributed by atoms with Crippen LogP contribution in [0.3, 0.4) is 0 Å². The maximum Gasteiger partial charge on any atom is 0.268 e. The number of nitrogens with zero attached hydrogens (tertiary/aromatic N) is 4. The number of carbonyl (C=O) groups excluding carboxylic acids is 2. The molecule has 2 heterocycles. The van der Waals surface area contributed by atoms with E-state index in [-0.39, 0.29) is 23.8 Å². The fourth-order valence-electron chi connectivity index (χ4n) is 3.92. The molecule has 3 rings (SSSR count). The van der Waals surface area contributed by atoms with Gasteiger partial charge in [0.15, 0.2) is 5.82 Å². The second-order valence-electron chi connectivity index (χ2n) is 7.60. The van der Waals surface area contributed by atoms with Gasteiger partial charge in [-0.15, -0.1) is 10.2 Å². The molecule has 1 aliphatic carbocycles. The highest BCUT2D eigenvalue weighted by atomic mass is 16.2. The van der Waals surface area contributed by atoms with E-state index in [0.29, 0.717) is 17.9 Å². The summed E-state index contributed by atoms with van der Waals surface area (Å²) in [6.45, 7) is 4.01. The fraction of sp³-hybridized carbons (Fsp3) is 0.632. The maximum atomic E-state index is 13.0. The first-order chi connectivity index (χ1) is 13.5. The minimum Gasteiger partial charge on any atom is -0.351 e. The van der Waals surface area contributed by atoms with Crippen LogP contribution in [0.15, 0.2) is 12.3 Å². The molecule has 2 aromatic heterocycles. The van der Waals surface area contributed by atoms with Crippen LogP contribution in [0.1, 0.15) is 73.2 Å². The first-order valence-electron chi connectivity index (χ1n) is 9.97. The van der Waals surface area contributed by atoms with Gasteiger partial charge in [0.1, 0.15) is 11.7 Å². The van der Waals surface area contributed by atoms with E-state index in [1.54, 1.807) is 4.57 Å². The molecule has 0 aliphatic heterocycles. The van der Waals surface area contributed by atoms with Crippen molar-refractivity contribution in [3.8, 4) is 0 Å². The summed E-state index contributed by atoms with van der Waals surface area (Å²) in [5, 5.41) is 20.3. The van der Waals surface area contributed by atoms with Gasteiger partial charge in [-0.2, -0.15) is 5.21 Å². The van der Waals surface area contributed by atoms with Gasteiger partial charge in [0.2, 0.25) is 5.91 Å². The topological polar surface area (TPSA) is 118 Å². The van der Waals surface area contributed by atoms with Crippen molar-refractivity contribution in [1.82, 2.24) is 35.8 Å². The average Bonchev–Trinajstić information content (AvgIpc) is 3.39. The summed E-state index contributed by atoms with van der Waals surface area (Å²) in [5.41, 5.74) is 1.56. The number of hydrogen-bond donors (Lipinski definition) is 3. The summed E-state index contributed by atoms with van der Waals surface area (Å²) in [4.78, 5) is 25.7. The van der Waals surface area contributed by atoms with Crippen LogP contribution in [-0.4, -0.2) is 49.1 Å². The van der Waals surface area contributed by atoms with Crippen LogP contribution < -0.4 is 10.6 Å². The summed E-state index contributed by atoms with van der Waals surface area (Å²) in [5.74, 6) is 0.318. The average molecular weight is 387 g/mol. The Bertz CT molecular complexity index is 799. The van der Waals surface area contributed by atoms with Crippen molar-refractivity contribution in [2.75, 3.05) is 0 Å². The highest BCUT2D eigenvalue weighted by Crippen LogP contribution is 2.32. The molecule has 1 fully saturated rings. The molecule has 28 heavy (non-hydrogen) atoms. The summed E-state index contributed by atoms with van der Waals surface area (Å²) in [6.07, 6.45) is 7.11. The molecule has 0 radical (unpaired) electrons. The van der Waals surface area contributed by atoms with Gasteiger partial charge < -0.3 is 15.2 Å². The Morgan fingerprint density at radius 2 is 2.21 bits per heavy atom. The second-order valence-corrected chi connectivity index (χ2v) is 7.60. The molecule has 2 aromatic rings. The number of H-pyrrole nitrogens is 1. The van der Waals surface area contributed by atoms with Crippen molar-refractivity contribution < 1.29 is 9.59 Å². The first kappa shape index (κ1) is 20.0. The van der Waals surface area contributed by atoms with E-state index in [0.717, 1.165) is 37.7 Å². The van der Waals surface area contributed by atoms with Gasteiger partial charge >= 0.3 is 0 Å². The normalized spacial score (nSPS) is 20.1. The first-order valence-corrected chi connectivity index (χ1v) is 9.97. The Kier molecular flexibility index (Phi) is 6.43. The molecule has 0 spiro atoms. The minimum atomic E-state index is -0.561.